The molecule has 8 heteroatoms. The Morgan fingerprint density at radius 1 is 1.65 bits per heavy atom. The van der Waals surface area contributed by atoms with Gasteiger partial charge in [0.1, 0.15) is 5.82 Å². The lowest BCUT2D eigenvalue weighted by Gasteiger charge is -2.19. The summed E-state index contributed by atoms with van der Waals surface area (Å²) in [4.78, 5) is 6.55. The maximum Gasteiger partial charge on any atom is 0.259 e. The molecule has 0 amide bonds. The fourth-order valence-corrected chi connectivity index (χ4v) is 2.58. The van der Waals surface area contributed by atoms with Crippen molar-refractivity contribution in [2.45, 2.75) is 18.0 Å². The van der Waals surface area contributed by atoms with Gasteiger partial charge >= 0.3 is 0 Å². The van der Waals surface area contributed by atoms with Gasteiger partial charge in [0.2, 0.25) is 0 Å². The SMILES string of the molecule is COCC(N)CN(C)S(=O)(=O)c1cnc(C)[nH]1. The fraction of sp³-hybridized carbons (Fsp3) is 0.667. The van der Waals surface area contributed by atoms with Gasteiger partial charge in [-0.1, -0.05) is 0 Å². The van der Waals surface area contributed by atoms with Gasteiger partial charge in [-0.3, -0.25) is 0 Å². The molecule has 7 nitrogen and oxygen atoms in total. The maximum absolute atomic E-state index is 12.0. The zero-order valence-corrected chi connectivity index (χ0v) is 11.0. The molecule has 0 spiro atoms. The molecule has 1 aromatic heterocycles. The van der Waals surface area contributed by atoms with E-state index in [0.717, 1.165) is 0 Å². The third-order valence-corrected chi connectivity index (χ3v) is 3.97. The summed E-state index contributed by atoms with van der Waals surface area (Å²) in [7, 11) is -0.558. The number of sulfonamides is 1. The summed E-state index contributed by atoms with van der Waals surface area (Å²) in [5.41, 5.74) is 5.71. The topological polar surface area (TPSA) is 101 Å². The molecular formula is C9H18N4O3S. The average Bonchev–Trinajstić information content (AvgIpc) is 2.65. The van der Waals surface area contributed by atoms with E-state index < -0.39 is 10.0 Å². The predicted octanol–water partition coefficient (Wildman–Crippen LogP) is -0.688. The summed E-state index contributed by atoms with van der Waals surface area (Å²) in [5.74, 6) is 0.554. The molecule has 0 saturated carbocycles. The fourth-order valence-electron chi connectivity index (χ4n) is 1.39. The Morgan fingerprint density at radius 2 is 2.29 bits per heavy atom. The summed E-state index contributed by atoms with van der Waals surface area (Å²) < 4.78 is 30.1. The number of aryl methyl sites for hydroxylation is 1. The summed E-state index contributed by atoms with van der Waals surface area (Å²) in [6.07, 6.45) is 1.29. The van der Waals surface area contributed by atoms with Crippen molar-refractivity contribution in [2.75, 3.05) is 27.3 Å². The molecule has 3 N–H and O–H groups in total. The van der Waals surface area contributed by atoms with E-state index in [1.54, 1.807) is 6.92 Å². The molecule has 1 heterocycles. The van der Waals surface area contributed by atoms with Crippen LogP contribution in [0.2, 0.25) is 0 Å². The van der Waals surface area contributed by atoms with E-state index in [9.17, 15) is 8.42 Å². The molecule has 0 aliphatic rings. The second-order valence-electron chi connectivity index (χ2n) is 3.83. The van der Waals surface area contributed by atoms with Gasteiger partial charge < -0.3 is 15.5 Å². The van der Waals surface area contributed by atoms with Crippen molar-refractivity contribution in [3.63, 3.8) is 0 Å². The molecule has 1 rings (SSSR count). The minimum atomic E-state index is -3.55. The first-order valence-electron chi connectivity index (χ1n) is 5.10. The van der Waals surface area contributed by atoms with Gasteiger partial charge in [-0.25, -0.2) is 13.4 Å². The number of hydrogen-bond donors (Lipinski definition) is 2. The molecule has 0 aliphatic carbocycles. The second-order valence-corrected chi connectivity index (χ2v) is 5.85. The maximum atomic E-state index is 12.0. The number of likely N-dealkylation sites (N-methyl/N-ethyl adjacent to an activating group) is 1. The third kappa shape index (κ3) is 3.50. The number of aromatic nitrogens is 2. The third-order valence-electron chi connectivity index (χ3n) is 2.24. The number of nitrogens with two attached hydrogens (primary N) is 1. The minimum absolute atomic E-state index is 0.0714. The lowest BCUT2D eigenvalue weighted by atomic mass is 10.3. The van der Waals surface area contributed by atoms with E-state index in [-0.39, 0.29) is 17.6 Å². The van der Waals surface area contributed by atoms with Gasteiger partial charge in [0, 0.05) is 26.7 Å². The van der Waals surface area contributed by atoms with Crippen LogP contribution in [0.1, 0.15) is 5.82 Å². The Bertz CT molecular complexity index is 457. The van der Waals surface area contributed by atoms with Crippen molar-refractivity contribution in [3.05, 3.63) is 12.0 Å². The van der Waals surface area contributed by atoms with Crippen LogP contribution in [0.4, 0.5) is 0 Å². The number of H-pyrrole nitrogens is 1. The van der Waals surface area contributed by atoms with Crippen molar-refractivity contribution >= 4 is 10.0 Å². The van der Waals surface area contributed by atoms with Crippen LogP contribution in [-0.2, 0) is 14.8 Å². The monoisotopic (exact) mass is 262 g/mol. The van der Waals surface area contributed by atoms with Crippen molar-refractivity contribution in [2.24, 2.45) is 5.73 Å². The van der Waals surface area contributed by atoms with Crippen LogP contribution in [0.15, 0.2) is 11.2 Å². The van der Waals surface area contributed by atoms with Crippen LogP contribution < -0.4 is 5.73 Å². The number of nitrogens with zero attached hydrogens (tertiary/aromatic N) is 2. The smallest absolute Gasteiger partial charge is 0.259 e. The Labute approximate surface area is 101 Å². The summed E-state index contributed by atoms with van der Waals surface area (Å²) in [6.45, 7) is 2.19. The van der Waals surface area contributed by atoms with E-state index >= 15 is 0 Å². The van der Waals surface area contributed by atoms with E-state index in [1.807, 2.05) is 0 Å². The molecule has 17 heavy (non-hydrogen) atoms. The van der Waals surface area contributed by atoms with E-state index in [1.165, 1.54) is 24.7 Å². The number of nitrogens with one attached hydrogen (secondary N) is 1. The first kappa shape index (κ1) is 14.1. The molecule has 0 aromatic carbocycles. The number of ether oxygens (including phenoxy) is 1. The van der Waals surface area contributed by atoms with Gasteiger partial charge in [0.15, 0.2) is 5.03 Å². The summed E-state index contributed by atoms with van der Waals surface area (Å²) in [5, 5.41) is 0.0714. The van der Waals surface area contributed by atoms with Gasteiger partial charge in [-0.2, -0.15) is 4.31 Å². The average molecular weight is 262 g/mol. The van der Waals surface area contributed by atoms with Crippen LogP contribution in [0.5, 0.6) is 0 Å². The minimum Gasteiger partial charge on any atom is -0.383 e. The Morgan fingerprint density at radius 3 is 2.76 bits per heavy atom. The van der Waals surface area contributed by atoms with E-state index in [0.29, 0.717) is 12.4 Å². The number of rotatable bonds is 6. The van der Waals surface area contributed by atoms with Gasteiger partial charge in [0.25, 0.3) is 10.0 Å². The highest BCUT2D eigenvalue weighted by atomic mass is 32.2. The van der Waals surface area contributed by atoms with Crippen molar-refractivity contribution in [1.29, 1.82) is 0 Å². The van der Waals surface area contributed by atoms with Crippen LogP contribution in [0.25, 0.3) is 0 Å². The first-order chi connectivity index (χ1) is 7.87. The lowest BCUT2D eigenvalue weighted by Crippen LogP contribution is -2.41. The standard InChI is InChI=1S/C9H18N4O3S/c1-7-11-4-9(12-7)17(14,15)13(2)5-8(10)6-16-3/h4,8H,5-6,10H2,1-3H3,(H,11,12). The Kier molecular flexibility index (Phi) is 4.63. The van der Waals surface area contributed by atoms with Gasteiger partial charge in [-0.05, 0) is 6.92 Å². The van der Waals surface area contributed by atoms with Crippen molar-refractivity contribution in [3.8, 4) is 0 Å². The molecule has 0 aliphatic heterocycles. The quantitative estimate of drug-likeness (QED) is 0.707. The largest absolute Gasteiger partial charge is 0.383 e. The molecule has 0 saturated heterocycles. The summed E-state index contributed by atoms with van der Waals surface area (Å²) >= 11 is 0. The van der Waals surface area contributed by atoms with E-state index in [4.69, 9.17) is 10.5 Å². The predicted molar refractivity (Wildman–Crippen MR) is 63.0 cm³/mol. The van der Waals surface area contributed by atoms with Crippen LogP contribution in [0.3, 0.4) is 0 Å². The second kappa shape index (κ2) is 5.58. The molecule has 0 fully saturated rings. The van der Waals surface area contributed by atoms with Crippen LogP contribution >= 0.6 is 0 Å². The Hall–Kier alpha value is -0.960. The zero-order valence-electron chi connectivity index (χ0n) is 10.2. The molecule has 98 valence electrons. The number of methoxy groups -OCH3 is 1. The summed E-state index contributed by atoms with van der Waals surface area (Å²) in [6, 6.07) is -0.358. The van der Waals surface area contributed by atoms with Gasteiger partial charge in [-0.15, -0.1) is 0 Å². The molecule has 1 aromatic rings. The normalized spacial score (nSPS) is 14.2. The highest BCUT2D eigenvalue weighted by molar-refractivity contribution is 7.89. The van der Waals surface area contributed by atoms with Crippen LogP contribution in [-0.4, -0.2) is 56.0 Å². The molecule has 1 unspecified atom stereocenters. The first-order valence-corrected chi connectivity index (χ1v) is 6.54. The lowest BCUT2D eigenvalue weighted by molar-refractivity contribution is 0.173. The van der Waals surface area contributed by atoms with Gasteiger partial charge in [0.05, 0.1) is 12.8 Å². The van der Waals surface area contributed by atoms with Crippen molar-refractivity contribution < 1.29 is 13.2 Å². The molecule has 0 bridgehead atoms. The van der Waals surface area contributed by atoms with Crippen molar-refractivity contribution in [1.82, 2.24) is 14.3 Å². The molecule has 0 radical (unpaired) electrons. The highest BCUT2D eigenvalue weighted by Crippen LogP contribution is 2.11. The molecular weight excluding hydrogens is 244 g/mol. The van der Waals surface area contributed by atoms with E-state index in [2.05, 4.69) is 9.97 Å². The Balaban J connectivity index is 2.77. The molecule has 1 atom stereocenters. The highest BCUT2D eigenvalue weighted by Gasteiger charge is 2.24. The number of imidazole rings is 1. The number of aromatic amines is 1. The zero-order chi connectivity index (χ0) is 13.1. The van der Waals surface area contributed by atoms with Crippen LogP contribution in [0, 0.1) is 6.92 Å². The number of hydrogen-bond acceptors (Lipinski definition) is 5.